The summed E-state index contributed by atoms with van der Waals surface area (Å²) in [5, 5.41) is 0. The fraction of sp³-hybridized carbons (Fsp3) is 0.750. The number of methoxy groups -OCH3 is 2. The van der Waals surface area contributed by atoms with Crippen molar-refractivity contribution in [1.82, 2.24) is 0 Å². The van der Waals surface area contributed by atoms with Crippen molar-refractivity contribution in [3.8, 4) is 0 Å². The van der Waals surface area contributed by atoms with Crippen LogP contribution in [0.1, 0.15) is 0 Å². The zero-order valence-corrected chi connectivity index (χ0v) is 11.6. The second-order valence-electron chi connectivity index (χ2n) is 7.10. The molecular formula is C16H18O4. The maximum atomic E-state index is 12.2. The number of esters is 2. The van der Waals surface area contributed by atoms with Crippen molar-refractivity contribution in [2.24, 2.45) is 59.2 Å². The van der Waals surface area contributed by atoms with E-state index in [2.05, 4.69) is 12.2 Å². The van der Waals surface area contributed by atoms with Gasteiger partial charge in [-0.3, -0.25) is 9.59 Å². The quantitative estimate of drug-likeness (QED) is 0.559. The summed E-state index contributed by atoms with van der Waals surface area (Å²) in [7, 11) is 2.86. The van der Waals surface area contributed by atoms with E-state index in [9.17, 15) is 9.59 Å². The fourth-order valence-corrected chi connectivity index (χ4v) is 7.19. The molecule has 0 radical (unpaired) electrons. The van der Waals surface area contributed by atoms with Gasteiger partial charge in [0, 0.05) is 0 Å². The minimum Gasteiger partial charge on any atom is -0.469 e. The van der Waals surface area contributed by atoms with Gasteiger partial charge in [0.25, 0.3) is 0 Å². The summed E-state index contributed by atoms with van der Waals surface area (Å²) >= 11 is 0. The Bertz CT molecular complexity index is 507. The van der Waals surface area contributed by atoms with E-state index in [0.717, 1.165) is 0 Å². The molecule has 0 saturated heterocycles. The largest absolute Gasteiger partial charge is 0.469 e. The summed E-state index contributed by atoms with van der Waals surface area (Å²) < 4.78 is 10.0. The molecule has 0 heterocycles. The van der Waals surface area contributed by atoms with Crippen LogP contribution in [0.5, 0.6) is 0 Å². The van der Waals surface area contributed by atoms with Crippen LogP contribution >= 0.6 is 0 Å². The normalized spacial score (nSPS) is 58.7. The second-order valence-corrected chi connectivity index (χ2v) is 7.10. The molecule has 4 nitrogen and oxygen atoms in total. The van der Waals surface area contributed by atoms with Gasteiger partial charge in [0.15, 0.2) is 0 Å². The number of hydrogen-bond donors (Lipinski definition) is 0. The number of allylic oxidation sites excluding steroid dienone is 2. The summed E-state index contributed by atoms with van der Waals surface area (Å²) in [4.78, 5) is 24.5. The molecule has 0 aromatic carbocycles. The molecule has 6 rings (SSSR count). The topological polar surface area (TPSA) is 52.6 Å². The zero-order valence-electron chi connectivity index (χ0n) is 11.6. The maximum absolute atomic E-state index is 12.2. The monoisotopic (exact) mass is 274 g/mol. The molecule has 4 heteroatoms. The highest BCUT2D eigenvalue weighted by molar-refractivity contribution is 5.84. The number of ether oxygens (including phenoxy) is 2. The summed E-state index contributed by atoms with van der Waals surface area (Å²) in [5.74, 6) is 3.61. The van der Waals surface area contributed by atoms with Gasteiger partial charge in [-0.1, -0.05) is 12.2 Å². The van der Waals surface area contributed by atoms with Gasteiger partial charge < -0.3 is 9.47 Å². The SMILES string of the molecule is COC(=O)[C@@H]1[C@H](C(=O)OC)[C@H]2C3C4[C@H]5C=C[C@H]4[C@@H]2[C@H]5[C@H]31. The van der Waals surface area contributed by atoms with Crippen LogP contribution < -0.4 is 0 Å². The summed E-state index contributed by atoms with van der Waals surface area (Å²) in [6, 6.07) is 0. The van der Waals surface area contributed by atoms with Gasteiger partial charge in [-0.05, 0) is 47.3 Å². The molecule has 6 aliphatic rings. The van der Waals surface area contributed by atoms with Gasteiger partial charge >= 0.3 is 11.9 Å². The molecule has 5 fully saturated rings. The Kier molecular flexibility index (Phi) is 1.87. The Morgan fingerprint density at radius 3 is 1.55 bits per heavy atom. The van der Waals surface area contributed by atoms with Crippen LogP contribution in [-0.2, 0) is 19.1 Å². The van der Waals surface area contributed by atoms with E-state index in [1.165, 1.54) is 14.2 Å². The first kappa shape index (κ1) is 11.4. The van der Waals surface area contributed by atoms with Crippen molar-refractivity contribution < 1.29 is 19.1 Å². The van der Waals surface area contributed by atoms with E-state index in [0.29, 0.717) is 47.3 Å². The second kappa shape index (κ2) is 3.29. The van der Waals surface area contributed by atoms with E-state index < -0.39 is 0 Å². The maximum Gasteiger partial charge on any atom is 0.309 e. The number of hydrogen-bond acceptors (Lipinski definition) is 4. The summed E-state index contributed by atoms with van der Waals surface area (Å²) in [5.41, 5.74) is 0. The molecule has 2 unspecified atom stereocenters. The minimum atomic E-state index is -0.261. The van der Waals surface area contributed by atoms with Crippen LogP contribution in [0, 0.1) is 59.2 Å². The summed E-state index contributed by atoms with van der Waals surface area (Å²) in [6.07, 6.45) is 4.74. The predicted molar refractivity (Wildman–Crippen MR) is 68.1 cm³/mol. The Morgan fingerprint density at radius 1 is 0.700 bits per heavy atom. The van der Waals surface area contributed by atoms with Crippen molar-refractivity contribution in [1.29, 1.82) is 0 Å². The number of carbonyl (C=O) groups excluding carboxylic acids is 2. The number of rotatable bonds is 2. The van der Waals surface area contributed by atoms with Gasteiger partial charge in [-0.15, -0.1) is 0 Å². The Morgan fingerprint density at radius 2 is 1.15 bits per heavy atom. The molecule has 0 N–H and O–H groups in total. The molecule has 106 valence electrons. The molecule has 0 aliphatic heterocycles. The van der Waals surface area contributed by atoms with Gasteiger partial charge in [-0.2, -0.15) is 0 Å². The lowest BCUT2D eigenvalue weighted by molar-refractivity contribution is -0.163. The van der Waals surface area contributed by atoms with Crippen molar-refractivity contribution >= 4 is 11.9 Å². The molecule has 8 bridgehead atoms. The van der Waals surface area contributed by atoms with Gasteiger partial charge in [0.05, 0.1) is 26.1 Å². The highest BCUT2D eigenvalue weighted by Gasteiger charge is 2.82. The summed E-state index contributed by atoms with van der Waals surface area (Å²) in [6.45, 7) is 0. The van der Waals surface area contributed by atoms with Crippen molar-refractivity contribution in [2.75, 3.05) is 14.2 Å². The van der Waals surface area contributed by atoms with E-state index in [4.69, 9.17) is 9.47 Å². The molecule has 6 aliphatic carbocycles. The van der Waals surface area contributed by atoms with Crippen LogP contribution in [0.4, 0.5) is 0 Å². The average Bonchev–Trinajstić information content (AvgIpc) is 3.23. The molecule has 10 atom stereocenters. The van der Waals surface area contributed by atoms with E-state index in [1.807, 2.05) is 0 Å². The third-order valence-electron chi connectivity index (χ3n) is 7.16. The molecule has 0 amide bonds. The molecular weight excluding hydrogens is 256 g/mol. The lowest BCUT2D eigenvalue weighted by Gasteiger charge is -2.39. The minimum absolute atomic E-state index is 0.205. The van der Waals surface area contributed by atoms with E-state index >= 15 is 0 Å². The molecule has 0 aromatic heterocycles. The van der Waals surface area contributed by atoms with Crippen LogP contribution in [0.25, 0.3) is 0 Å². The smallest absolute Gasteiger partial charge is 0.309 e. The van der Waals surface area contributed by atoms with E-state index in [-0.39, 0.29) is 23.8 Å². The Labute approximate surface area is 117 Å². The first-order valence-electron chi connectivity index (χ1n) is 7.54. The van der Waals surface area contributed by atoms with Gasteiger partial charge in [0.1, 0.15) is 0 Å². The average molecular weight is 274 g/mol. The highest BCUT2D eigenvalue weighted by atomic mass is 16.5. The first-order valence-corrected chi connectivity index (χ1v) is 7.54. The molecule has 20 heavy (non-hydrogen) atoms. The van der Waals surface area contributed by atoms with E-state index in [1.54, 1.807) is 0 Å². The predicted octanol–water partition coefficient (Wildman–Crippen LogP) is 1.12. The van der Waals surface area contributed by atoms with Gasteiger partial charge in [0.2, 0.25) is 0 Å². The third-order valence-corrected chi connectivity index (χ3v) is 7.16. The van der Waals surface area contributed by atoms with Crippen LogP contribution in [0.3, 0.4) is 0 Å². The molecule has 0 aromatic rings. The van der Waals surface area contributed by atoms with Crippen LogP contribution in [0.2, 0.25) is 0 Å². The van der Waals surface area contributed by atoms with Crippen LogP contribution in [0.15, 0.2) is 12.2 Å². The van der Waals surface area contributed by atoms with Crippen molar-refractivity contribution in [3.05, 3.63) is 12.2 Å². The third kappa shape index (κ3) is 0.895. The fourth-order valence-electron chi connectivity index (χ4n) is 7.19. The lowest BCUT2D eigenvalue weighted by Crippen LogP contribution is -2.44. The molecule has 0 spiro atoms. The lowest BCUT2D eigenvalue weighted by atomic mass is 9.65. The van der Waals surface area contributed by atoms with Crippen molar-refractivity contribution in [2.45, 2.75) is 0 Å². The van der Waals surface area contributed by atoms with Crippen LogP contribution in [-0.4, -0.2) is 26.2 Å². The number of carbonyl (C=O) groups is 2. The Hall–Kier alpha value is -1.32. The zero-order chi connectivity index (χ0) is 13.8. The van der Waals surface area contributed by atoms with Gasteiger partial charge in [-0.25, -0.2) is 0 Å². The van der Waals surface area contributed by atoms with Crippen molar-refractivity contribution in [3.63, 3.8) is 0 Å². The first-order chi connectivity index (χ1) is 9.70. The standard InChI is InChI=1S/C16H18O4/c1-19-15(17)13-11-8-5-3-4-6-7(5)10(11)12(9(6)8)14(13)16(18)20-2/h3-14H,1-2H3/t5-,6-,7?,8-,9+,10?,11-,12-,13-,14+/m1/s1. The molecule has 5 saturated carbocycles. The Balaban J connectivity index is 1.61. The highest BCUT2D eigenvalue weighted by Crippen LogP contribution is 2.83.